The predicted octanol–water partition coefficient (Wildman–Crippen LogP) is 2.79. The molecular weight excluding hydrogens is 358 g/mol. The lowest BCUT2D eigenvalue weighted by molar-refractivity contribution is 0.0696. The maximum Gasteiger partial charge on any atom is 0.335 e. The molecule has 21 heavy (non-hydrogen) atoms. The van der Waals surface area contributed by atoms with Crippen molar-refractivity contribution >= 4 is 31.9 Å². The number of carboxylic acids is 1. The molecule has 0 atom stereocenters. The number of halogens is 1. The van der Waals surface area contributed by atoms with Crippen molar-refractivity contribution in [2.75, 3.05) is 6.54 Å². The SMILES string of the molecule is C=CCN(C1CC1)S(=O)(=O)c1cc(C(=O)O)cc(C)c1Br. The first kappa shape index (κ1) is 16.2. The summed E-state index contributed by atoms with van der Waals surface area (Å²) in [5, 5.41) is 9.11. The van der Waals surface area contributed by atoms with E-state index >= 15 is 0 Å². The van der Waals surface area contributed by atoms with Gasteiger partial charge in [-0.25, -0.2) is 13.2 Å². The highest BCUT2D eigenvalue weighted by atomic mass is 79.9. The van der Waals surface area contributed by atoms with Crippen molar-refractivity contribution in [1.29, 1.82) is 0 Å². The van der Waals surface area contributed by atoms with Crippen LogP contribution in [0.2, 0.25) is 0 Å². The summed E-state index contributed by atoms with van der Waals surface area (Å²) in [6, 6.07) is 2.63. The number of aryl methyl sites for hydroxylation is 1. The fourth-order valence-electron chi connectivity index (χ4n) is 2.11. The minimum atomic E-state index is -3.76. The molecule has 1 aliphatic rings. The van der Waals surface area contributed by atoms with Gasteiger partial charge in [0.1, 0.15) is 0 Å². The second-order valence-electron chi connectivity index (χ2n) is 5.00. The zero-order chi connectivity index (χ0) is 15.8. The second-order valence-corrected chi connectivity index (χ2v) is 7.66. The van der Waals surface area contributed by atoms with Gasteiger partial charge in [-0.15, -0.1) is 6.58 Å². The monoisotopic (exact) mass is 373 g/mol. The van der Waals surface area contributed by atoms with Crippen LogP contribution in [0.15, 0.2) is 34.2 Å². The zero-order valence-electron chi connectivity index (χ0n) is 11.5. The van der Waals surface area contributed by atoms with E-state index in [9.17, 15) is 13.2 Å². The third-order valence-electron chi connectivity index (χ3n) is 3.32. The minimum Gasteiger partial charge on any atom is -0.478 e. The molecule has 1 saturated carbocycles. The lowest BCUT2D eigenvalue weighted by Gasteiger charge is -2.21. The van der Waals surface area contributed by atoms with Gasteiger partial charge in [0.05, 0.1) is 10.5 Å². The summed E-state index contributed by atoms with van der Waals surface area (Å²) < 4.78 is 27.4. The van der Waals surface area contributed by atoms with Gasteiger partial charge >= 0.3 is 5.97 Å². The summed E-state index contributed by atoms with van der Waals surface area (Å²) in [7, 11) is -3.76. The van der Waals surface area contributed by atoms with E-state index in [0.717, 1.165) is 12.8 Å². The molecule has 0 aromatic heterocycles. The Bertz CT molecular complexity index is 695. The molecule has 114 valence electrons. The molecule has 0 unspecified atom stereocenters. The lowest BCUT2D eigenvalue weighted by atomic mass is 10.1. The number of carboxylic acid groups (broad SMARTS) is 1. The molecule has 0 saturated heterocycles. The molecular formula is C14H16BrNO4S. The summed E-state index contributed by atoms with van der Waals surface area (Å²) in [5.41, 5.74) is 0.534. The van der Waals surface area contributed by atoms with Gasteiger partial charge < -0.3 is 5.11 Å². The number of hydrogen-bond donors (Lipinski definition) is 1. The second kappa shape index (κ2) is 5.90. The summed E-state index contributed by atoms with van der Waals surface area (Å²) in [6.45, 7) is 5.48. The van der Waals surface area contributed by atoms with E-state index in [1.165, 1.54) is 22.5 Å². The molecule has 0 aliphatic heterocycles. The zero-order valence-corrected chi connectivity index (χ0v) is 13.9. The van der Waals surface area contributed by atoms with Crippen molar-refractivity contribution in [3.63, 3.8) is 0 Å². The first-order chi connectivity index (χ1) is 9.78. The summed E-state index contributed by atoms with van der Waals surface area (Å²) in [4.78, 5) is 11.1. The highest BCUT2D eigenvalue weighted by Crippen LogP contribution is 2.35. The third kappa shape index (κ3) is 3.20. The molecule has 1 fully saturated rings. The highest BCUT2D eigenvalue weighted by molar-refractivity contribution is 9.10. The van der Waals surface area contributed by atoms with Gasteiger partial charge in [-0.05, 0) is 53.4 Å². The Labute approximate surface area is 132 Å². The molecule has 0 spiro atoms. The normalized spacial score (nSPS) is 15.2. The molecule has 0 amide bonds. The van der Waals surface area contributed by atoms with Gasteiger partial charge in [0.2, 0.25) is 10.0 Å². The third-order valence-corrected chi connectivity index (χ3v) is 6.58. The number of sulfonamides is 1. The molecule has 1 N–H and O–H groups in total. The van der Waals surface area contributed by atoms with Crippen molar-refractivity contribution in [1.82, 2.24) is 4.31 Å². The molecule has 7 heteroatoms. The van der Waals surface area contributed by atoms with Gasteiger partial charge in [0.15, 0.2) is 0 Å². The molecule has 1 aromatic carbocycles. The van der Waals surface area contributed by atoms with Crippen LogP contribution in [-0.4, -0.2) is 36.4 Å². The Hall–Kier alpha value is -1.18. The van der Waals surface area contributed by atoms with Crippen LogP contribution in [0.5, 0.6) is 0 Å². The smallest absolute Gasteiger partial charge is 0.335 e. The minimum absolute atomic E-state index is 0.00588. The average molecular weight is 374 g/mol. The van der Waals surface area contributed by atoms with E-state index in [-0.39, 0.29) is 23.0 Å². The number of aromatic carboxylic acids is 1. The van der Waals surface area contributed by atoms with Crippen LogP contribution in [-0.2, 0) is 10.0 Å². The number of carbonyl (C=O) groups is 1. The fourth-order valence-corrected chi connectivity index (χ4v) is 4.77. The van der Waals surface area contributed by atoms with E-state index in [1.54, 1.807) is 6.92 Å². The standard InChI is InChI=1S/C14H16BrNO4S/c1-3-6-16(11-4-5-11)21(19,20)12-8-10(14(17)18)7-9(2)13(12)15/h3,7-8,11H,1,4-6H2,2H3,(H,17,18). The summed E-state index contributed by atoms with van der Waals surface area (Å²) in [5.74, 6) is -1.15. The van der Waals surface area contributed by atoms with E-state index in [4.69, 9.17) is 5.11 Å². The van der Waals surface area contributed by atoms with Crippen LogP contribution >= 0.6 is 15.9 Å². The number of benzene rings is 1. The summed E-state index contributed by atoms with van der Waals surface area (Å²) >= 11 is 3.26. The largest absolute Gasteiger partial charge is 0.478 e. The van der Waals surface area contributed by atoms with Crippen molar-refractivity contribution in [3.8, 4) is 0 Å². The Kier molecular flexibility index (Phi) is 4.55. The van der Waals surface area contributed by atoms with E-state index < -0.39 is 16.0 Å². The van der Waals surface area contributed by atoms with Crippen molar-refractivity contribution < 1.29 is 18.3 Å². The van der Waals surface area contributed by atoms with E-state index in [0.29, 0.717) is 10.0 Å². The Balaban J connectivity index is 2.57. The summed E-state index contributed by atoms with van der Waals surface area (Å²) in [6.07, 6.45) is 3.18. The Morgan fingerprint density at radius 1 is 1.52 bits per heavy atom. The fraction of sp³-hybridized carbons (Fsp3) is 0.357. The topological polar surface area (TPSA) is 74.7 Å². The van der Waals surface area contributed by atoms with Gasteiger partial charge in [-0.1, -0.05) is 6.08 Å². The van der Waals surface area contributed by atoms with Crippen LogP contribution < -0.4 is 0 Å². The van der Waals surface area contributed by atoms with E-state index in [2.05, 4.69) is 22.5 Å². The quantitative estimate of drug-likeness (QED) is 0.777. The number of nitrogens with zero attached hydrogens (tertiary/aromatic N) is 1. The van der Waals surface area contributed by atoms with Crippen LogP contribution in [0.25, 0.3) is 0 Å². The van der Waals surface area contributed by atoms with Gasteiger partial charge in [0, 0.05) is 17.1 Å². The predicted molar refractivity (Wildman–Crippen MR) is 82.9 cm³/mol. The molecule has 5 nitrogen and oxygen atoms in total. The van der Waals surface area contributed by atoms with Crippen molar-refractivity contribution in [2.45, 2.75) is 30.7 Å². The van der Waals surface area contributed by atoms with Crippen LogP contribution in [0.3, 0.4) is 0 Å². The first-order valence-corrected chi connectivity index (χ1v) is 8.68. The number of hydrogen-bond acceptors (Lipinski definition) is 3. The van der Waals surface area contributed by atoms with Gasteiger partial charge in [-0.3, -0.25) is 0 Å². The Morgan fingerprint density at radius 2 is 2.14 bits per heavy atom. The molecule has 1 aliphatic carbocycles. The van der Waals surface area contributed by atoms with Crippen LogP contribution in [0.4, 0.5) is 0 Å². The maximum absolute atomic E-state index is 12.8. The van der Waals surface area contributed by atoms with Crippen molar-refractivity contribution in [2.24, 2.45) is 0 Å². The molecule has 1 aromatic rings. The van der Waals surface area contributed by atoms with Crippen LogP contribution in [0.1, 0.15) is 28.8 Å². The molecule has 0 radical (unpaired) electrons. The highest BCUT2D eigenvalue weighted by Gasteiger charge is 2.38. The average Bonchev–Trinajstić information content (AvgIpc) is 3.22. The lowest BCUT2D eigenvalue weighted by Crippen LogP contribution is -2.33. The molecule has 2 rings (SSSR count). The maximum atomic E-state index is 12.8. The van der Waals surface area contributed by atoms with Gasteiger partial charge in [0.25, 0.3) is 0 Å². The number of rotatable bonds is 6. The molecule has 0 heterocycles. The van der Waals surface area contributed by atoms with Gasteiger partial charge in [-0.2, -0.15) is 4.31 Å². The van der Waals surface area contributed by atoms with E-state index in [1.807, 2.05) is 0 Å². The molecule has 0 bridgehead atoms. The Morgan fingerprint density at radius 3 is 2.62 bits per heavy atom. The van der Waals surface area contributed by atoms with Crippen LogP contribution in [0, 0.1) is 6.92 Å². The first-order valence-electron chi connectivity index (χ1n) is 6.45. The van der Waals surface area contributed by atoms with Crippen molar-refractivity contribution in [3.05, 3.63) is 40.4 Å².